The van der Waals surface area contributed by atoms with Crippen molar-refractivity contribution in [3.8, 4) is 0 Å². The maximum absolute atomic E-state index is 12.0. The van der Waals surface area contributed by atoms with Crippen LogP contribution in [0.2, 0.25) is 0 Å². The number of thiophene rings is 1. The summed E-state index contributed by atoms with van der Waals surface area (Å²) in [6.07, 6.45) is 8.75. The molecule has 1 amide bonds. The minimum atomic E-state index is -0.0154. The van der Waals surface area contributed by atoms with Crippen molar-refractivity contribution in [1.82, 2.24) is 20.3 Å². The topological polar surface area (TPSA) is 91.8 Å². The van der Waals surface area contributed by atoms with Gasteiger partial charge in [-0.3, -0.25) is 9.78 Å². The molecule has 0 unspecified atom stereocenters. The molecule has 1 aliphatic rings. The number of rotatable bonds is 9. The van der Waals surface area contributed by atoms with Crippen LogP contribution in [-0.4, -0.2) is 33.9 Å². The number of pyridine rings is 1. The Morgan fingerprint density at radius 3 is 2.88 bits per heavy atom. The van der Waals surface area contributed by atoms with E-state index >= 15 is 0 Å². The third-order valence-electron chi connectivity index (χ3n) is 5.41. The van der Waals surface area contributed by atoms with E-state index in [-0.39, 0.29) is 5.91 Å². The molecule has 3 heterocycles. The van der Waals surface area contributed by atoms with Gasteiger partial charge < -0.3 is 16.0 Å². The molecule has 0 aliphatic heterocycles. The lowest BCUT2D eigenvalue weighted by Crippen LogP contribution is -2.25. The number of carbonyl (C=O) groups excluding carboxylic acids is 1. The zero-order valence-corrected chi connectivity index (χ0v) is 18.4. The molecule has 0 atom stereocenters. The van der Waals surface area contributed by atoms with Crippen molar-refractivity contribution in [1.29, 1.82) is 0 Å². The molecule has 1 fully saturated rings. The van der Waals surface area contributed by atoms with Crippen LogP contribution < -0.4 is 16.0 Å². The largest absolute Gasteiger partial charge is 0.370 e. The zero-order valence-electron chi connectivity index (χ0n) is 17.5. The number of aromatic nitrogens is 3. The standard InChI is InChI=1S/C24H24N6OS/c31-23(21-3-1-12-32-21)27-10-2-9-26-22-20(16-4-5-16)15-28-24(30-22)29-19-7-6-18-14-25-11-8-17(18)13-19/h1,3,6-8,11-16H,2,4-5,9-10H2,(H,27,31)(H2,26,28,29,30). The van der Waals surface area contributed by atoms with Crippen molar-refractivity contribution >= 4 is 45.5 Å². The summed E-state index contributed by atoms with van der Waals surface area (Å²) in [6, 6.07) is 11.8. The number of fused-ring (bicyclic) bond motifs is 1. The minimum Gasteiger partial charge on any atom is -0.370 e. The van der Waals surface area contributed by atoms with Crippen molar-refractivity contribution in [3.63, 3.8) is 0 Å². The van der Waals surface area contributed by atoms with E-state index in [0.29, 0.717) is 18.4 Å². The molecule has 1 aromatic carbocycles. The normalized spacial score (nSPS) is 13.1. The second kappa shape index (κ2) is 9.32. The maximum Gasteiger partial charge on any atom is 0.261 e. The van der Waals surface area contributed by atoms with Crippen molar-refractivity contribution in [3.05, 3.63) is 70.8 Å². The Morgan fingerprint density at radius 1 is 1.09 bits per heavy atom. The summed E-state index contributed by atoms with van der Waals surface area (Å²) >= 11 is 1.45. The highest BCUT2D eigenvalue weighted by atomic mass is 32.1. The lowest BCUT2D eigenvalue weighted by atomic mass is 10.1. The van der Waals surface area contributed by atoms with E-state index in [9.17, 15) is 4.79 Å². The van der Waals surface area contributed by atoms with Crippen molar-refractivity contribution in [2.45, 2.75) is 25.2 Å². The van der Waals surface area contributed by atoms with Crippen molar-refractivity contribution < 1.29 is 4.79 Å². The first kappa shape index (κ1) is 20.4. The van der Waals surface area contributed by atoms with Gasteiger partial charge in [0.25, 0.3) is 5.91 Å². The van der Waals surface area contributed by atoms with Gasteiger partial charge in [-0.2, -0.15) is 4.98 Å². The SMILES string of the molecule is O=C(NCCCNc1nc(Nc2ccc3cnccc3c2)ncc1C1CC1)c1cccs1. The third kappa shape index (κ3) is 4.86. The van der Waals surface area contributed by atoms with E-state index < -0.39 is 0 Å². The number of benzene rings is 1. The number of carbonyl (C=O) groups is 1. The highest BCUT2D eigenvalue weighted by Gasteiger charge is 2.27. The van der Waals surface area contributed by atoms with Crippen LogP contribution in [0.5, 0.6) is 0 Å². The van der Waals surface area contributed by atoms with Crippen LogP contribution >= 0.6 is 11.3 Å². The van der Waals surface area contributed by atoms with Gasteiger partial charge in [-0.05, 0) is 60.2 Å². The lowest BCUT2D eigenvalue weighted by molar-refractivity contribution is 0.0957. The molecular formula is C24H24N6OS. The Balaban J connectivity index is 1.21. The van der Waals surface area contributed by atoms with Gasteiger partial charge in [0.1, 0.15) is 5.82 Å². The van der Waals surface area contributed by atoms with E-state index in [1.165, 1.54) is 29.7 Å². The molecule has 3 N–H and O–H groups in total. The van der Waals surface area contributed by atoms with Gasteiger partial charge in [0, 0.05) is 48.3 Å². The van der Waals surface area contributed by atoms with Gasteiger partial charge >= 0.3 is 0 Å². The van der Waals surface area contributed by atoms with E-state index in [4.69, 9.17) is 4.98 Å². The van der Waals surface area contributed by atoms with Gasteiger partial charge in [0.2, 0.25) is 5.95 Å². The monoisotopic (exact) mass is 444 g/mol. The van der Waals surface area contributed by atoms with Crippen molar-refractivity contribution in [2.75, 3.05) is 23.7 Å². The number of hydrogen-bond acceptors (Lipinski definition) is 7. The van der Waals surface area contributed by atoms with E-state index in [2.05, 4.69) is 32.0 Å². The fraction of sp³-hybridized carbons (Fsp3) is 0.250. The smallest absolute Gasteiger partial charge is 0.261 e. The highest BCUT2D eigenvalue weighted by Crippen LogP contribution is 2.42. The van der Waals surface area contributed by atoms with Gasteiger partial charge in [-0.25, -0.2) is 4.98 Å². The van der Waals surface area contributed by atoms with Gasteiger partial charge in [0.15, 0.2) is 0 Å². The molecule has 8 heteroatoms. The molecule has 1 aliphatic carbocycles. The highest BCUT2D eigenvalue weighted by molar-refractivity contribution is 7.12. The predicted molar refractivity (Wildman–Crippen MR) is 129 cm³/mol. The van der Waals surface area contributed by atoms with Crippen LogP contribution in [0.4, 0.5) is 17.5 Å². The first-order valence-electron chi connectivity index (χ1n) is 10.8. The molecule has 0 radical (unpaired) electrons. The second-order valence-corrected chi connectivity index (χ2v) is 8.80. The van der Waals surface area contributed by atoms with Gasteiger partial charge in [0.05, 0.1) is 4.88 Å². The van der Waals surface area contributed by atoms with Gasteiger partial charge in [-0.15, -0.1) is 11.3 Å². The quantitative estimate of drug-likeness (QED) is 0.317. The van der Waals surface area contributed by atoms with Crippen LogP contribution in [0, 0.1) is 0 Å². The number of amides is 1. The number of nitrogens with one attached hydrogen (secondary N) is 3. The molecule has 162 valence electrons. The van der Waals surface area contributed by atoms with Crippen LogP contribution in [0.3, 0.4) is 0 Å². The van der Waals surface area contributed by atoms with E-state index in [1.807, 2.05) is 48.1 Å². The predicted octanol–water partition coefficient (Wildman–Crippen LogP) is 4.94. The third-order valence-corrected chi connectivity index (χ3v) is 6.28. The summed E-state index contributed by atoms with van der Waals surface area (Å²) in [5.41, 5.74) is 2.10. The molecule has 0 spiro atoms. The summed E-state index contributed by atoms with van der Waals surface area (Å²) in [4.78, 5) is 26.2. The van der Waals surface area contributed by atoms with Crippen LogP contribution in [-0.2, 0) is 0 Å². The molecular weight excluding hydrogens is 420 g/mol. The van der Waals surface area contributed by atoms with Gasteiger partial charge in [-0.1, -0.05) is 12.1 Å². The maximum atomic E-state index is 12.0. The molecule has 0 bridgehead atoms. The van der Waals surface area contributed by atoms with E-state index in [0.717, 1.165) is 40.1 Å². The Kier molecular flexibility index (Phi) is 5.93. The molecule has 7 nitrogen and oxygen atoms in total. The van der Waals surface area contributed by atoms with Crippen molar-refractivity contribution in [2.24, 2.45) is 0 Å². The zero-order chi connectivity index (χ0) is 21.8. The molecule has 5 rings (SSSR count). The lowest BCUT2D eigenvalue weighted by Gasteiger charge is -2.13. The first-order chi connectivity index (χ1) is 15.8. The number of hydrogen-bond donors (Lipinski definition) is 3. The Hall–Kier alpha value is -3.52. The molecule has 32 heavy (non-hydrogen) atoms. The van der Waals surface area contributed by atoms with E-state index in [1.54, 1.807) is 6.20 Å². The molecule has 1 saturated carbocycles. The average Bonchev–Trinajstić information content (AvgIpc) is 3.51. The summed E-state index contributed by atoms with van der Waals surface area (Å²) in [6.45, 7) is 1.34. The fourth-order valence-corrected chi connectivity index (χ4v) is 4.21. The second-order valence-electron chi connectivity index (χ2n) is 7.85. The number of anilines is 3. The molecule has 3 aromatic heterocycles. The summed E-state index contributed by atoms with van der Waals surface area (Å²) in [7, 11) is 0. The fourth-order valence-electron chi connectivity index (χ4n) is 3.57. The Morgan fingerprint density at radius 2 is 2.03 bits per heavy atom. The molecule has 4 aromatic rings. The Labute approximate surface area is 190 Å². The average molecular weight is 445 g/mol. The van der Waals surface area contributed by atoms with Crippen LogP contribution in [0.1, 0.15) is 40.4 Å². The summed E-state index contributed by atoms with van der Waals surface area (Å²) in [5.74, 6) is 1.97. The summed E-state index contributed by atoms with van der Waals surface area (Å²) < 4.78 is 0. The van der Waals surface area contributed by atoms with Crippen LogP contribution in [0.15, 0.2) is 60.4 Å². The van der Waals surface area contributed by atoms with Crippen LogP contribution in [0.25, 0.3) is 10.8 Å². The minimum absolute atomic E-state index is 0.0154. The first-order valence-corrected chi connectivity index (χ1v) is 11.7. The number of nitrogens with zero attached hydrogens (tertiary/aromatic N) is 3. The Bertz CT molecular complexity index is 1220. The summed E-state index contributed by atoms with van der Waals surface area (Å²) in [5, 5.41) is 13.8. The molecule has 0 saturated heterocycles.